The summed E-state index contributed by atoms with van der Waals surface area (Å²) >= 11 is 6.19. The van der Waals surface area contributed by atoms with Gasteiger partial charge in [0.1, 0.15) is 18.1 Å². The molecule has 0 spiro atoms. The zero-order valence-electron chi connectivity index (χ0n) is 17.8. The van der Waals surface area contributed by atoms with Gasteiger partial charge in [-0.25, -0.2) is 24.9 Å². The molecule has 0 saturated heterocycles. The van der Waals surface area contributed by atoms with E-state index in [9.17, 15) is 5.26 Å². The third kappa shape index (κ3) is 4.35. The molecule has 3 aromatic heterocycles. The SMILES string of the molecule is COCc1nc(Nc2ccc(C(C)(C)C#N)cc2)c2ccc(-c3nccnc3Cl)nc2n1. The quantitative estimate of drug-likeness (QED) is 0.449. The standard InChI is InChI=1S/C23H20ClN7O/c1-23(2,13-25)14-4-6-15(7-5-14)28-21-16-8-9-17(19-20(24)27-11-10-26-19)29-22(16)31-18(30-21)12-32-3/h4-11H,12H2,1-3H3,(H,28,29,30,31). The number of nitrogens with one attached hydrogen (secondary N) is 1. The summed E-state index contributed by atoms with van der Waals surface area (Å²) in [6.45, 7) is 4.01. The third-order valence-electron chi connectivity index (χ3n) is 4.92. The smallest absolute Gasteiger partial charge is 0.165 e. The average Bonchev–Trinajstić information content (AvgIpc) is 2.79. The lowest BCUT2D eigenvalue weighted by molar-refractivity contribution is 0.178. The van der Waals surface area contributed by atoms with E-state index in [1.807, 2.05) is 44.2 Å². The first-order chi connectivity index (χ1) is 15.4. The summed E-state index contributed by atoms with van der Waals surface area (Å²) < 4.78 is 5.23. The molecule has 1 aromatic carbocycles. The van der Waals surface area contributed by atoms with Gasteiger partial charge in [0.2, 0.25) is 0 Å². The highest BCUT2D eigenvalue weighted by Gasteiger charge is 2.19. The van der Waals surface area contributed by atoms with Gasteiger partial charge in [-0.2, -0.15) is 5.26 Å². The highest BCUT2D eigenvalue weighted by atomic mass is 35.5. The fourth-order valence-corrected chi connectivity index (χ4v) is 3.34. The molecule has 3 heterocycles. The number of nitrogens with zero attached hydrogens (tertiary/aromatic N) is 6. The molecular weight excluding hydrogens is 426 g/mol. The van der Waals surface area contributed by atoms with Crippen molar-refractivity contribution >= 4 is 34.1 Å². The zero-order valence-corrected chi connectivity index (χ0v) is 18.6. The molecule has 8 nitrogen and oxygen atoms in total. The number of nitriles is 1. The van der Waals surface area contributed by atoms with Gasteiger partial charge < -0.3 is 10.1 Å². The lowest BCUT2D eigenvalue weighted by atomic mass is 9.86. The summed E-state index contributed by atoms with van der Waals surface area (Å²) in [6.07, 6.45) is 3.09. The first kappa shape index (κ1) is 21.6. The highest BCUT2D eigenvalue weighted by Crippen LogP contribution is 2.29. The number of hydrogen-bond donors (Lipinski definition) is 1. The zero-order chi connectivity index (χ0) is 22.7. The monoisotopic (exact) mass is 445 g/mol. The van der Waals surface area contributed by atoms with Crippen LogP contribution in [0.1, 0.15) is 25.2 Å². The number of anilines is 2. The molecule has 0 aliphatic rings. The van der Waals surface area contributed by atoms with Gasteiger partial charge in [0, 0.05) is 25.2 Å². The number of hydrogen-bond acceptors (Lipinski definition) is 8. The van der Waals surface area contributed by atoms with Crippen LogP contribution in [0.5, 0.6) is 0 Å². The van der Waals surface area contributed by atoms with Crippen LogP contribution in [0.2, 0.25) is 5.15 Å². The van der Waals surface area contributed by atoms with Gasteiger partial charge in [-0.15, -0.1) is 0 Å². The molecule has 32 heavy (non-hydrogen) atoms. The second-order valence-electron chi connectivity index (χ2n) is 7.62. The Labute approximate surface area is 190 Å². The van der Waals surface area contributed by atoms with Gasteiger partial charge in [0.05, 0.1) is 22.6 Å². The number of ether oxygens (including phenoxy) is 1. The van der Waals surface area contributed by atoms with E-state index < -0.39 is 5.41 Å². The highest BCUT2D eigenvalue weighted by molar-refractivity contribution is 6.31. The van der Waals surface area contributed by atoms with Crippen molar-refractivity contribution in [2.24, 2.45) is 0 Å². The van der Waals surface area contributed by atoms with E-state index in [-0.39, 0.29) is 11.8 Å². The van der Waals surface area contributed by atoms with E-state index in [1.54, 1.807) is 19.4 Å². The number of benzene rings is 1. The summed E-state index contributed by atoms with van der Waals surface area (Å²) in [6, 6.07) is 13.7. The number of methoxy groups -OCH3 is 1. The van der Waals surface area contributed by atoms with Crippen LogP contribution in [0.4, 0.5) is 11.5 Å². The molecule has 9 heteroatoms. The average molecular weight is 446 g/mol. The minimum atomic E-state index is -0.562. The van der Waals surface area contributed by atoms with Gasteiger partial charge in [0.25, 0.3) is 0 Å². The van der Waals surface area contributed by atoms with Crippen molar-refractivity contribution in [3.05, 3.63) is 65.3 Å². The van der Waals surface area contributed by atoms with Crippen LogP contribution < -0.4 is 5.32 Å². The van der Waals surface area contributed by atoms with Gasteiger partial charge in [-0.1, -0.05) is 23.7 Å². The molecule has 0 fully saturated rings. The Morgan fingerprint density at radius 3 is 2.47 bits per heavy atom. The Kier molecular flexibility index (Phi) is 5.95. The van der Waals surface area contributed by atoms with Crippen molar-refractivity contribution in [3.8, 4) is 17.5 Å². The molecule has 1 N–H and O–H groups in total. The molecule has 0 amide bonds. The normalized spacial score (nSPS) is 11.3. The summed E-state index contributed by atoms with van der Waals surface area (Å²) in [5.41, 5.74) is 2.72. The third-order valence-corrected chi connectivity index (χ3v) is 5.20. The topological polar surface area (TPSA) is 110 Å². The fourth-order valence-electron chi connectivity index (χ4n) is 3.14. The van der Waals surface area contributed by atoms with Crippen molar-refractivity contribution in [1.82, 2.24) is 24.9 Å². The molecule has 0 saturated carbocycles. The van der Waals surface area contributed by atoms with Crippen molar-refractivity contribution in [2.75, 3.05) is 12.4 Å². The van der Waals surface area contributed by atoms with Gasteiger partial charge in [-0.05, 0) is 43.7 Å². The Balaban J connectivity index is 1.75. The van der Waals surface area contributed by atoms with Gasteiger partial charge in [-0.3, -0.25) is 0 Å². The van der Waals surface area contributed by atoms with Crippen molar-refractivity contribution in [2.45, 2.75) is 25.9 Å². The van der Waals surface area contributed by atoms with Crippen LogP contribution in [0.25, 0.3) is 22.4 Å². The van der Waals surface area contributed by atoms with Crippen LogP contribution in [0.15, 0.2) is 48.8 Å². The van der Waals surface area contributed by atoms with Crippen LogP contribution in [0.3, 0.4) is 0 Å². The molecule has 160 valence electrons. The van der Waals surface area contributed by atoms with Crippen molar-refractivity contribution in [1.29, 1.82) is 5.26 Å². The molecule has 4 aromatic rings. The molecule has 4 rings (SSSR count). The van der Waals surface area contributed by atoms with Gasteiger partial charge in [0.15, 0.2) is 16.6 Å². The lowest BCUT2D eigenvalue weighted by Crippen LogP contribution is -2.13. The second kappa shape index (κ2) is 8.83. The lowest BCUT2D eigenvalue weighted by Gasteiger charge is -2.16. The second-order valence-corrected chi connectivity index (χ2v) is 7.98. The predicted octanol–water partition coefficient (Wildman–Crippen LogP) is 4.83. The number of fused-ring (bicyclic) bond motifs is 1. The van der Waals surface area contributed by atoms with E-state index in [4.69, 9.17) is 16.3 Å². The maximum Gasteiger partial charge on any atom is 0.165 e. The Morgan fingerprint density at radius 2 is 1.78 bits per heavy atom. The van der Waals surface area contributed by atoms with Crippen molar-refractivity contribution in [3.63, 3.8) is 0 Å². The minimum absolute atomic E-state index is 0.234. The first-order valence-corrected chi connectivity index (χ1v) is 10.2. The summed E-state index contributed by atoms with van der Waals surface area (Å²) in [7, 11) is 1.58. The van der Waals surface area contributed by atoms with Crippen LogP contribution in [0, 0.1) is 11.3 Å². The summed E-state index contributed by atoms with van der Waals surface area (Å²) in [4.78, 5) is 22.1. The Hall–Kier alpha value is -3.67. The van der Waals surface area contributed by atoms with Crippen LogP contribution in [-0.4, -0.2) is 32.0 Å². The van der Waals surface area contributed by atoms with Crippen LogP contribution in [-0.2, 0) is 16.8 Å². The van der Waals surface area contributed by atoms with E-state index in [1.165, 1.54) is 6.20 Å². The number of rotatable bonds is 6. The molecule has 0 atom stereocenters. The molecule has 0 radical (unpaired) electrons. The molecule has 0 aliphatic carbocycles. The predicted molar refractivity (Wildman–Crippen MR) is 122 cm³/mol. The number of aromatic nitrogens is 5. The van der Waals surface area contributed by atoms with Gasteiger partial charge >= 0.3 is 0 Å². The largest absolute Gasteiger partial charge is 0.377 e. The Bertz CT molecular complexity index is 1320. The number of pyridine rings is 1. The van der Waals surface area contributed by atoms with Crippen LogP contribution >= 0.6 is 11.6 Å². The van der Waals surface area contributed by atoms with E-state index in [0.717, 1.165) is 16.6 Å². The maximum absolute atomic E-state index is 9.36. The van der Waals surface area contributed by atoms with E-state index in [2.05, 4.69) is 36.3 Å². The minimum Gasteiger partial charge on any atom is -0.377 e. The molecule has 0 unspecified atom stereocenters. The summed E-state index contributed by atoms with van der Waals surface area (Å²) in [5.74, 6) is 1.08. The Morgan fingerprint density at radius 1 is 1.03 bits per heavy atom. The maximum atomic E-state index is 9.36. The first-order valence-electron chi connectivity index (χ1n) is 9.83. The van der Waals surface area contributed by atoms with Crippen molar-refractivity contribution < 1.29 is 4.74 Å². The summed E-state index contributed by atoms with van der Waals surface area (Å²) in [5, 5.41) is 13.7. The van der Waals surface area contributed by atoms with E-state index in [0.29, 0.717) is 28.7 Å². The number of halogens is 1. The van der Waals surface area contributed by atoms with E-state index >= 15 is 0 Å². The molecule has 0 bridgehead atoms. The fraction of sp³-hybridized carbons (Fsp3) is 0.217. The molecular formula is C23H20ClN7O. The molecule has 0 aliphatic heterocycles.